The van der Waals surface area contributed by atoms with Gasteiger partial charge < -0.3 is 5.73 Å². The van der Waals surface area contributed by atoms with Crippen LogP contribution in [0.1, 0.15) is 25.0 Å². The fourth-order valence-corrected chi connectivity index (χ4v) is 2.13. The molecule has 1 aromatic rings. The number of nitrogens with two attached hydrogens (primary N) is 1. The van der Waals surface area contributed by atoms with Gasteiger partial charge in [0, 0.05) is 5.56 Å². The van der Waals surface area contributed by atoms with Crippen LogP contribution >= 0.6 is 0 Å². The zero-order valence-electron chi connectivity index (χ0n) is 10.7. The minimum absolute atomic E-state index is 0.0604. The van der Waals surface area contributed by atoms with Gasteiger partial charge >= 0.3 is 0 Å². The Kier molecular flexibility index (Phi) is 5.20. The maximum Gasteiger partial charge on any atom is 0.232 e. The van der Waals surface area contributed by atoms with Crippen molar-refractivity contribution in [1.82, 2.24) is 0 Å². The first-order valence-electron chi connectivity index (χ1n) is 5.84. The topological polar surface area (TPSA) is 72.2 Å². The lowest BCUT2D eigenvalue weighted by molar-refractivity contribution is 0.602. The van der Waals surface area contributed by atoms with Crippen LogP contribution in [-0.2, 0) is 16.4 Å². The Morgan fingerprint density at radius 3 is 2.61 bits per heavy atom. The molecule has 0 heterocycles. The van der Waals surface area contributed by atoms with Gasteiger partial charge in [0.2, 0.25) is 10.0 Å². The standard InChI is InChI=1S/C13H18N2O2S/c1-3-12-10-11(6-5-9-14)7-8-13(12)15-18(16,17)4-2/h7-8,10,15H,3-4,9,14H2,1-2H3. The number of sulfonamides is 1. The Morgan fingerprint density at radius 1 is 1.33 bits per heavy atom. The van der Waals surface area contributed by atoms with Crippen LogP contribution < -0.4 is 10.5 Å². The minimum Gasteiger partial charge on any atom is -0.320 e. The van der Waals surface area contributed by atoms with Crippen molar-refractivity contribution in [3.63, 3.8) is 0 Å². The number of anilines is 1. The zero-order valence-corrected chi connectivity index (χ0v) is 11.5. The van der Waals surface area contributed by atoms with Crippen LogP contribution in [0.2, 0.25) is 0 Å². The molecule has 0 atom stereocenters. The summed E-state index contributed by atoms with van der Waals surface area (Å²) in [7, 11) is -3.24. The largest absolute Gasteiger partial charge is 0.320 e. The van der Waals surface area contributed by atoms with Gasteiger partial charge in [0.25, 0.3) is 0 Å². The monoisotopic (exact) mass is 266 g/mol. The van der Waals surface area contributed by atoms with Gasteiger partial charge in [-0.3, -0.25) is 4.72 Å². The SMILES string of the molecule is CCc1cc(C#CCN)ccc1NS(=O)(=O)CC. The van der Waals surface area contributed by atoms with Gasteiger partial charge in [-0.1, -0.05) is 18.8 Å². The van der Waals surface area contributed by atoms with Crippen LogP contribution in [0, 0.1) is 11.8 Å². The molecule has 0 aliphatic rings. The highest BCUT2D eigenvalue weighted by molar-refractivity contribution is 7.92. The Balaban J connectivity index is 3.08. The van der Waals surface area contributed by atoms with Crippen molar-refractivity contribution in [2.24, 2.45) is 5.73 Å². The molecule has 0 saturated heterocycles. The lowest BCUT2D eigenvalue weighted by Crippen LogP contribution is -2.15. The van der Waals surface area contributed by atoms with Crippen molar-refractivity contribution >= 4 is 15.7 Å². The molecule has 1 aromatic carbocycles. The van der Waals surface area contributed by atoms with Gasteiger partial charge in [-0.15, -0.1) is 0 Å². The van der Waals surface area contributed by atoms with Crippen LogP contribution in [-0.4, -0.2) is 20.7 Å². The minimum atomic E-state index is -3.24. The molecule has 18 heavy (non-hydrogen) atoms. The summed E-state index contributed by atoms with van der Waals surface area (Å²) in [6.45, 7) is 3.89. The quantitative estimate of drug-likeness (QED) is 0.807. The third kappa shape index (κ3) is 4.06. The van der Waals surface area contributed by atoms with E-state index in [1.165, 1.54) is 0 Å². The maximum atomic E-state index is 11.5. The van der Waals surface area contributed by atoms with E-state index >= 15 is 0 Å². The molecule has 0 fully saturated rings. The molecule has 0 radical (unpaired) electrons. The first-order chi connectivity index (χ1) is 8.52. The highest BCUT2D eigenvalue weighted by Gasteiger charge is 2.09. The molecule has 1 rings (SSSR count). The number of benzene rings is 1. The molecule has 0 aliphatic carbocycles. The van der Waals surface area contributed by atoms with Crippen molar-refractivity contribution in [3.8, 4) is 11.8 Å². The third-order valence-electron chi connectivity index (χ3n) is 2.47. The van der Waals surface area contributed by atoms with Crippen molar-refractivity contribution in [3.05, 3.63) is 29.3 Å². The van der Waals surface area contributed by atoms with Crippen LogP contribution in [0.15, 0.2) is 18.2 Å². The highest BCUT2D eigenvalue weighted by Crippen LogP contribution is 2.19. The molecule has 98 valence electrons. The number of hydrogen-bond acceptors (Lipinski definition) is 3. The van der Waals surface area contributed by atoms with Gasteiger partial charge in [-0.2, -0.15) is 0 Å². The van der Waals surface area contributed by atoms with Crippen molar-refractivity contribution in [2.75, 3.05) is 17.0 Å². The van der Waals surface area contributed by atoms with Gasteiger partial charge in [-0.25, -0.2) is 8.42 Å². The zero-order chi connectivity index (χ0) is 13.6. The summed E-state index contributed by atoms with van der Waals surface area (Å²) in [5.74, 6) is 5.77. The van der Waals surface area contributed by atoms with Crippen molar-refractivity contribution < 1.29 is 8.42 Å². The van der Waals surface area contributed by atoms with Gasteiger partial charge in [0.05, 0.1) is 18.0 Å². The van der Waals surface area contributed by atoms with Crippen LogP contribution in [0.5, 0.6) is 0 Å². The summed E-state index contributed by atoms with van der Waals surface area (Å²) in [4.78, 5) is 0. The van der Waals surface area contributed by atoms with Crippen molar-refractivity contribution in [1.29, 1.82) is 0 Å². The van der Waals surface area contributed by atoms with E-state index in [4.69, 9.17) is 5.73 Å². The maximum absolute atomic E-state index is 11.5. The van der Waals surface area contributed by atoms with Crippen molar-refractivity contribution in [2.45, 2.75) is 20.3 Å². The first kappa shape index (κ1) is 14.6. The van der Waals surface area contributed by atoms with E-state index < -0.39 is 10.0 Å². The molecule has 0 amide bonds. The molecule has 3 N–H and O–H groups in total. The lowest BCUT2D eigenvalue weighted by atomic mass is 10.1. The first-order valence-corrected chi connectivity index (χ1v) is 7.50. The number of rotatable bonds is 4. The molecular weight excluding hydrogens is 248 g/mol. The summed E-state index contributed by atoms with van der Waals surface area (Å²) >= 11 is 0. The predicted molar refractivity (Wildman–Crippen MR) is 74.8 cm³/mol. The molecule has 0 bridgehead atoms. The Morgan fingerprint density at radius 2 is 2.06 bits per heavy atom. The van der Waals surface area contributed by atoms with E-state index in [9.17, 15) is 8.42 Å². The highest BCUT2D eigenvalue weighted by atomic mass is 32.2. The van der Waals surface area contributed by atoms with E-state index in [0.717, 1.165) is 17.5 Å². The second-order valence-electron chi connectivity index (χ2n) is 3.74. The molecule has 0 spiro atoms. The molecule has 5 heteroatoms. The number of aryl methyl sites for hydroxylation is 1. The average molecular weight is 266 g/mol. The molecular formula is C13H18N2O2S. The fourth-order valence-electron chi connectivity index (χ4n) is 1.46. The van der Waals surface area contributed by atoms with E-state index in [1.807, 2.05) is 13.0 Å². The smallest absolute Gasteiger partial charge is 0.232 e. The third-order valence-corrected chi connectivity index (χ3v) is 3.76. The normalized spacial score (nSPS) is 10.6. The fraction of sp³-hybridized carbons (Fsp3) is 0.385. The van der Waals surface area contributed by atoms with Gasteiger partial charge in [0.1, 0.15) is 0 Å². The van der Waals surface area contributed by atoms with Crippen LogP contribution in [0.3, 0.4) is 0 Å². The molecule has 0 unspecified atom stereocenters. The van der Waals surface area contributed by atoms with Gasteiger partial charge in [-0.05, 0) is 37.1 Å². The summed E-state index contributed by atoms with van der Waals surface area (Å²) in [5.41, 5.74) is 7.71. The average Bonchev–Trinajstić information content (AvgIpc) is 2.37. The Bertz CT molecular complexity index is 568. The second kappa shape index (κ2) is 6.43. The Hall–Kier alpha value is -1.51. The van der Waals surface area contributed by atoms with E-state index in [-0.39, 0.29) is 5.75 Å². The molecule has 0 aromatic heterocycles. The molecule has 0 saturated carbocycles. The summed E-state index contributed by atoms with van der Waals surface area (Å²) in [6.07, 6.45) is 0.736. The second-order valence-corrected chi connectivity index (χ2v) is 5.75. The lowest BCUT2D eigenvalue weighted by Gasteiger charge is -2.10. The number of hydrogen-bond donors (Lipinski definition) is 2. The van der Waals surface area contributed by atoms with Gasteiger partial charge in [0.15, 0.2) is 0 Å². The Labute approximate surface area is 109 Å². The van der Waals surface area contributed by atoms with E-state index in [2.05, 4.69) is 16.6 Å². The molecule has 0 aliphatic heterocycles. The van der Waals surface area contributed by atoms with E-state index in [1.54, 1.807) is 19.1 Å². The summed E-state index contributed by atoms with van der Waals surface area (Å²) in [5, 5.41) is 0. The van der Waals surface area contributed by atoms with Crippen LogP contribution in [0.4, 0.5) is 5.69 Å². The summed E-state index contributed by atoms with van der Waals surface area (Å²) in [6, 6.07) is 5.41. The molecule has 4 nitrogen and oxygen atoms in total. The van der Waals surface area contributed by atoms with E-state index in [0.29, 0.717) is 12.2 Å². The predicted octanol–water partition coefficient (Wildman–Crippen LogP) is 1.32. The summed E-state index contributed by atoms with van der Waals surface area (Å²) < 4.78 is 25.6. The van der Waals surface area contributed by atoms with Crippen LogP contribution in [0.25, 0.3) is 0 Å². The number of nitrogens with one attached hydrogen (secondary N) is 1.